The van der Waals surface area contributed by atoms with Gasteiger partial charge in [0.05, 0.1) is 6.61 Å². The number of hydrogen-bond donors (Lipinski definition) is 2. The molecule has 3 atom stereocenters. The molecule has 1 aromatic rings. The van der Waals surface area contributed by atoms with Gasteiger partial charge in [-0.1, -0.05) is 24.6 Å². The van der Waals surface area contributed by atoms with Crippen molar-refractivity contribution in [1.29, 1.82) is 0 Å². The van der Waals surface area contributed by atoms with E-state index < -0.39 is 0 Å². The fourth-order valence-corrected chi connectivity index (χ4v) is 5.00. The normalized spacial score (nSPS) is 34.8. The Morgan fingerprint density at radius 2 is 1.92 bits per heavy atom. The number of para-hydroxylation sites is 1. The van der Waals surface area contributed by atoms with Gasteiger partial charge in [-0.05, 0) is 55.6 Å². The molecule has 4 rings (SSSR count). The maximum absolute atomic E-state index is 12.7. The van der Waals surface area contributed by atoms with Crippen molar-refractivity contribution < 1.29 is 9.53 Å². The van der Waals surface area contributed by atoms with E-state index in [0.29, 0.717) is 23.8 Å². The van der Waals surface area contributed by atoms with Crippen LogP contribution in [0.25, 0.3) is 0 Å². The van der Waals surface area contributed by atoms with Gasteiger partial charge in [0.1, 0.15) is 5.75 Å². The Morgan fingerprint density at radius 1 is 1.17 bits per heavy atom. The van der Waals surface area contributed by atoms with E-state index >= 15 is 0 Å². The minimum Gasteiger partial charge on any atom is -0.493 e. The number of nitrogens with two attached hydrogens (primary N) is 1. The number of amides is 1. The molecule has 4 nitrogen and oxygen atoms in total. The number of nitrogens with one attached hydrogen (secondary N) is 1. The summed E-state index contributed by atoms with van der Waals surface area (Å²) in [5, 5.41) is 3.23. The van der Waals surface area contributed by atoms with E-state index in [9.17, 15) is 4.79 Å². The molecule has 2 fully saturated rings. The fraction of sp³-hybridized carbons (Fsp3) is 0.650. The van der Waals surface area contributed by atoms with E-state index in [0.717, 1.165) is 38.2 Å². The molecule has 130 valence electrons. The molecular formula is C20H28N2O2. The first-order chi connectivity index (χ1) is 11.7. The van der Waals surface area contributed by atoms with Crippen LogP contribution in [0.5, 0.6) is 5.75 Å². The van der Waals surface area contributed by atoms with Gasteiger partial charge in [0.15, 0.2) is 0 Å². The predicted molar refractivity (Wildman–Crippen MR) is 93.8 cm³/mol. The summed E-state index contributed by atoms with van der Waals surface area (Å²) in [6.45, 7) is 1.46. The van der Waals surface area contributed by atoms with E-state index in [2.05, 4.69) is 11.4 Å². The molecule has 1 aliphatic heterocycles. The number of rotatable bonds is 3. The molecule has 1 heterocycles. The van der Waals surface area contributed by atoms with E-state index in [1.54, 1.807) is 0 Å². The summed E-state index contributed by atoms with van der Waals surface area (Å²) in [6.07, 6.45) is 6.62. The number of hydrogen-bond acceptors (Lipinski definition) is 3. The lowest BCUT2D eigenvalue weighted by molar-refractivity contribution is -0.128. The summed E-state index contributed by atoms with van der Waals surface area (Å²) in [7, 11) is 0. The van der Waals surface area contributed by atoms with Gasteiger partial charge in [0, 0.05) is 24.4 Å². The quantitative estimate of drug-likeness (QED) is 0.897. The molecule has 0 radical (unpaired) electrons. The number of fused-ring (bicyclic) bond motifs is 3. The third-order valence-electron chi connectivity index (χ3n) is 6.39. The largest absolute Gasteiger partial charge is 0.493 e. The van der Waals surface area contributed by atoms with Gasteiger partial charge in [0.25, 0.3) is 0 Å². The van der Waals surface area contributed by atoms with Crippen molar-refractivity contribution in [2.24, 2.45) is 23.5 Å². The molecular weight excluding hydrogens is 300 g/mol. The van der Waals surface area contributed by atoms with E-state index in [-0.39, 0.29) is 11.8 Å². The highest BCUT2D eigenvalue weighted by Crippen LogP contribution is 2.42. The highest BCUT2D eigenvalue weighted by atomic mass is 16.5. The molecule has 0 spiro atoms. The second-order valence-corrected chi connectivity index (χ2v) is 7.81. The molecule has 0 aromatic heterocycles. The van der Waals surface area contributed by atoms with Crippen LogP contribution in [-0.2, 0) is 4.79 Å². The summed E-state index contributed by atoms with van der Waals surface area (Å²) in [6, 6.07) is 8.52. The monoisotopic (exact) mass is 328 g/mol. The molecule has 3 unspecified atom stereocenters. The van der Waals surface area contributed by atoms with Crippen molar-refractivity contribution in [3.05, 3.63) is 29.8 Å². The highest BCUT2D eigenvalue weighted by molar-refractivity contribution is 5.79. The van der Waals surface area contributed by atoms with Gasteiger partial charge in [-0.2, -0.15) is 0 Å². The van der Waals surface area contributed by atoms with Crippen LogP contribution in [0, 0.1) is 17.8 Å². The minimum atomic E-state index is 0.162. The Balaban J connectivity index is 1.36. The summed E-state index contributed by atoms with van der Waals surface area (Å²) in [4.78, 5) is 12.7. The lowest BCUT2D eigenvalue weighted by Crippen LogP contribution is -2.49. The zero-order valence-electron chi connectivity index (χ0n) is 14.2. The van der Waals surface area contributed by atoms with Crippen molar-refractivity contribution in [3.63, 3.8) is 0 Å². The Hall–Kier alpha value is -1.55. The van der Waals surface area contributed by atoms with E-state index in [4.69, 9.17) is 10.5 Å². The first-order valence-electron chi connectivity index (χ1n) is 9.47. The Kier molecular flexibility index (Phi) is 4.49. The van der Waals surface area contributed by atoms with Crippen LogP contribution in [0.4, 0.5) is 0 Å². The van der Waals surface area contributed by atoms with Crippen molar-refractivity contribution >= 4 is 5.91 Å². The summed E-state index contributed by atoms with van der Waals surface area (Å²) >= 11 is 0. The van der Waals surface area contributed by atoms with Crippen LogP contribution in [-0.4, -0.2) is 25.1 Å². The molecule has 3 aliphatic rings. The van der Waals surface area contributed by atoms with Gasteiger partial charge in [-0.15, -0.1) is 0 Å². The molecule has 3 N–H and O–H groups in total. The number of ether oxygens (including phenoxy) is 1. The maximum Gasteiger partial charge on any atom is 0.223 e. The van der Waals surface area contributed by atoms with Gasteiger partial charge in [-0.3, -0.25) is 4.79 Å². The average Bonchev–Trinajstić information content (AvgIpc) is 2.59. The standard InChI is InChI=1S/C20H28N2O2/c21-19-13-4-3-5-14(19)11-16(10-13)20(23)22-12-15-8-9-24-18-7-2-1-6-17(15)18/h1-2,6-7,13-16,19H,3-5,8-12,21H2,(H,22,23). The molecule has 4 heteroatoms. The minimum absolute atomic E-state index is 0.162. The Bertz CT molecular complexity index is 589. The lowest BCUT2D eigenvalue weighted by Gasteiger charge is -2.43. The molecule has 0 saturated heterocycles. The molecule has 2 aliphatic carbocycles. The highest BCUT2D eigenvalue weighted by Gasteiger charge is 2.40. The zero-order chi connectivity index (χ0) is 16.5. The van der Waals surface area contributed by atoms with Crippen LogP contribution < -0.4 is 15.8 Å². The molecule has 24 heavy (non-hydrogen) atoms. The number of carbonyl (C=O) groups is 1. The number of benzene rings is 1. The smallest absolute Gasteiger partial charge is 0.223 e. The second-order valence-electron chi connectivity index (χ2n) is 7.81. The summed E-state index contributed by atoms with van der Waals surface area (Å²) < 4.78 is 5.71. The van der Waals surface area contributed by atoms with Crippen LogP contribution in [0.3, 0.4) is 0 Å². The van der Waals surface area contributed by atoms with Gasteiger partial charge in [0.2, 0.25) is 5.91 Å². The third kappa shape index (κ3) is 3.04. The molecule has 1 amide bonds. The lowest BCUT2D eigenvalue weighted by atomic mass is 9.65. The van der Waals surface area contributed by atoms with E-state index in [1.165, 1.54) is 24.8 Å². The van der Waals surface area contributed by atoms with E-state index in [1.807, 2.05) is 18.2 Å². The van der Waals surface area contributed by atoms with Crippen LogP contribution >= 0.6 is 0 Å². The number of carbonyl (C=O) groups excluding carboxylic acids is 1. The Labute approximate surface area is 144 Å². The van der Waals surface area contributed by atoms with Crippen molar-refractivity contribution in [1.82, 2.24) is 5.32 Å². The maximum atomic E-state index is 12.7. The van der Waals surface area contributed by atoms with Gasteiger partial charge in [-0.25, -0.2) is 0 Å². The summed E-state index contributed by atoms with van der Waals surface area (Å²) in [5.41, 5.74) is 7.57. The van der Waals surface area contributed by atoms with Crippen molar-refractivity contribution in [2.45, 2.75) is 50.5 Å². The summed E-state index contributed by atoms with van der Waals surface area (Å²) in [5.74, 6) is 2.84. The third-order valence-corrected chi connectivity index (χ3v) is 6.39. The first-order valence-corrected chi connectivity index (χ1v) is 9.47. The Morgan fingerprint density at radius 3 is 2.71 bits per heavy atom. The molecule has 2 bridgehead atoms. The first kappa shape index (κ1) is 15.9. The van der Waals surface area contributed by atoms with Gasteiger partial charge >= 0.3 is 0 Å². The van der Waals surface area contributed by atoms with Crippen molar-refractivity contribution in [3.8, 4) is 5.75 Å². The fourth-order valence-electron chi connectivity index (χ4n) is 5.00. The van der Waals surface area contributed by atoms with Crippen LogP contribution in [0.1, 0.15) is 50.0 Å². The predicted octanol–water partition coefficient (Wildman–Crippen LogP) is 2.82. The second kappa shape index (κ2) is 6.75. The average molecular weight is 328 g/mol. The SMILES string of the molecule is NC1C2CCCC1CC(C(=O)NCC1CCOc3ccccc31)C2. The van der Waals surface area contributed by atoms with Crippen LogP contribution in [0.15, 0.2) is 24.3 Å². The van der Waals surface area contributed by atoms with Crippen molar-refractivity contribution in [2.75, 3.05) is 13.2 Å². The van der Waals surface area contributed by atoms with Gasteiger partial charge < -0.3 is 15.8 Å². The topological polar surface area (TPSA) is 64.4 Å². The van der Waals surface area contributed by atoms with Crippen LogP contribution in [0.2, 0.25) is 0 Å². The molecule has 1 aromatic carbocycles. The zero-order valence-corrected chi connectivity index (χ0v) is 14.2. The molecule has 2 saturated carbocycles.